The minimum Gasteiger partial charge on any atom is -0.339 e. The number of aromatic nitrogens is 1. The zero-order valence-corrected chi connectivity index (χ0v) is 19.5. The molecule has 4 rings (SSSR count). The van der Waals surface area contributed by atoms with Gasteiger partial charge in [0.05, 0.1) is 16.9 Å². The predicted octanol–water partition coefficient (Wildman–Crippen LogP) is 4.51. The first-order chi connectivity index (χ1) is 14.5. The van der Waals surface area contributed by atoms with Crippen LogP contribution >= 0.6 is 0 Å². The van der Waals surface area contributed by atoms with Gasteiger partial charge < -0.3 is 9.80 Å². The van der Waals surface area contributed by atoms with Crippen LogP contribution in [0.15, 0.2) is 30.3 Å². The van der Waals surface area contributed by atoms with Gasteiger partial charge in [0.1, 0.15) is 11.5 Å². The zero-order chi connectivity index (χ0) is 22.6. The summed E-state index contributed by atoms with van der Waals surface area (Å²) >= 11 is 0. The Kier molecular flexibility index (Phi) is 5.32. The minimum atomic E-state index is -0.247. The number of hydrogen-bond donors (Lipinski definition) is 0. The quantitative estimate of drug-likeness (QED) is 0.727. The number of amides is 1. The van der Waals surface area contributed by atoms with Gasteiger partial charge in [-0.05, 0) is 57.1 Å². The van der Waals surface area contributed by atoms with Crippen molar-refractivity contribution in [3.63, 3.8) is 0 Å². The molecule has 2 aromatic rings. The van der Waals surface area contributed by atoms with E-state index in [2.05, 4.69) is 44.4 Å². The summed E-state index contributed by atoms with van der Waals surface area (Å²) in [7, 11) is 0. The maximum atomic E-state index is 14.2. The Morgan fingerprint density at radius 1 is 1.10 bits per heavy atom. The average Bonchev–Trinajstić information content (AvgIpc) is 2.99. The fraction of sp³-hybridized carbons (Fsp3) is 0.520. The lowest BCUT2D eigenvalue weighted by atomic mass is 9.91. The monoisotopic (exact) mass is 424 g/mol. The van der Waals surface area contributed by atoms with Crippen LogP contribution in [0.3, 0.4) is 0 Å². The number of halogens is 1. The number of piperazine rings is 1. The number of rotatable bonds is 3. The van der Waals surface area contributed by atoms with Crippen LogP contribution < -0.4 is 4.90 Å². The smallest absolute Gasteiger partial charge is 0.272 e. The van der Waals surface area contributed by atoms with Gasteiger partial charge in [0.25, 0.3) is 5.91 Å². The third kappa shape index (κ3) is 3.82. The largest absolute Gasteiger partial charge is 0.339 e. The molecule has 0 aliphatic carbocycles. The molecule has 1 aromatic carbocycles. The average molecular weight is 425 g/mol. The van der Waals surface area contributed by atoms with Crippen LogP contribution in [0.1, 0.15) is 56.4 Å². The Balaban J connectivity index is 1.66. The fourth-order valence-corrected chi connectivity index (χ4v) is 4.86. The Bertz CT molecular complexity index is 1020. The number of anilines is 2. The van der Waals surface area contributed by atoms with Crippen LogP contribution in [0.2, 0.25) is 0 Å². The van der Waals surface area contributed by atoms with Crippen LogP contribution in [0, 0.1) is 12.7 Å². The molecule has 0 unspecified atom stereocenters. The van der Waals surface area contributed by atoms with Gasteiger partial charge in [0.2, 0.25) is 0 Å². The van der Waals surface area contributed by atoms with Crippen LogP contribution in [0.25, 0.3) is 0 Å². The minimum absolute atomic E-state index is 0.0146. The number of pyridine rings is 1. The molecule has 2 aliphatic rings. The molecule has 0 spiro atoms. The van der Waals surface area contributed by atoms with Crippen LogP contribution in [0.5, 0.6) is 0 Å². The lowest BCUT2D eigenvalue weighted by molar-refractivity contribution is 0.0190. The van der Waals surface area contributed by atoms with Crippen molar-refractivity contribution in [2.24, 2.45) is 0 Å². The van der Waals surface area contributed by atoms with Gasteiger partial charge in [-0.15, -0.1) is 0 Å². The molecule has 0 bridgehead atoms. The second-order valence-electron chi connectivity index (χ2n) is 10.1. The number of fused-ring (bicyclic) bond motifs is 1. The predicted molar refractivity (Wildman–Crippen MR) is 123 cm³/mol. The molecule has 1 aromatic heterocycles. The van der Waals surface area contributed by atoms with Crippen LogP contribution in [0.4, 0.5) is 15.8 Å². The van der Waals surface area contributed by atoms with E-state index < -0.39 is 0 Å². The van der Waals surface area contributed by atoms with Crippen molar-refractivity contribution >= 4 is 17.3 Å². The van der Waals surface area contributed by atoms with Gasteiger partial charge >= 0.3 is 0 Å². The standard InChI is InChI=1S/C25H33FN4O/c1-7-28-12-13-30(25(5,6)16-28)23(31)20-10-11-21-22(27-20)24(3,4)15-29(21)18-9-8-17(2)19(26)14-18/h8-11,14H,7,12-13,15-16H2,1-6H3. The van der Waals surface area contributed by atoms with E-state index in [1.807, 2.05) is 23.1 Å². The lowest BCUT2D eigenvalue weighted by Gasteiger charge is -2.46. The van der Waals surface area contributed by atoms with E-state index in [1.54, 1.807) is 19.1 Å². The summed E-state index contributed by atoms with van der Waals surface area (Å²) in [6.45, 7) is 16.6. The lowest BCUT2D eigenvalue weighted by Crippen LogP contribution is -2.61. The maximum Gasteiger partial charge on any atom is 0.272 e. The Morgan fingerprint density at radius 3 is 2.48 bits per heavy atom. The molecule has 31 heavy (non-hydrogen) atoms. The maximum absolute atomic E-state index is 14.2. The Hall–Kier alpha value is -2.47. The second-order valence-corrected chi connectivity index (χ2v) is 10.1. The summed E-state index contributed by atoms with van der Waals surface area (Å²) in [5.74, 6) is -0.226. The molecule has 1 saturated heterocycles. The molecule has 5 nitrogen and oxygen atoms in total. The first-order valence-electron chi connectivity index (χ1n) is 11.1. The van der Waals surface area contributed by atoms with Gasteiger partial charge in [-0.2, -0.15) is 0 Å². The zero-order valence-electron chi connectivity index (χ0n) is 19.5. The molecule has 1 fully saturated rings. The third-order valence-electron chi connectivity index (χ3n) is 6.72. The van der Waals surface area contributed by atoms with Crippen molar-refractivity contribution in [2.75, 3.05) is 37.6 Å². The fourth-order valence-electron chi connectivity index (χ4n) is 4.86. The van der Waals surface area contributed by atoms with Gasteiger partial charge in [-0.3, -0.25) is 9.69 Å². The second kappa shape index (κ2) is 7.59. The summed E-state index contributed by atoms with van der Waals surface area (Å²) in [5, 5.41) is 0. The van der Waals surface area contributed by atoms with Crippen molar-refractivity contribution in [2.45, 2.75) is 52.5 Å². The number of likely N-dealkylation sites (N-methyl/N-ethyl adjacent to an activating group) is 1. The first-order valence-corrected chi connectivity index (χ1v) is 11.1. The van der Waals surface area contributed by atoms with E-state index in [-0.39, 0.29) is 22.7 Å². The van der Waals surface area contributed by atoms with Crippen molar-refractivity contribution in [1.29, 1.82) is 0 Å². The highest BCUT2D eigenvalue weighted by molar-refractivity contribution is 5.93. The number of hydrogen-bond acceptors (Lipinski definition) is 4. The molecule has 0 N–H and O–H groups in total. The normalized spacial score (nSPS) is 20.1. The molecule has 6 heteroatoms. The van der Waals surface area contributed by atoms with Crippen molar-refractivity contribution < 1.29 is 9.18 Å². The molecular weight excluding hydrogens is 391 g/mol. The Morgan fingerprint density at radius 2 is 1.84 bits per heavy atom. The molecule has 166 valence electrons. The molecule has 0 saturated carbocycles. The highest BCUT2D eigenvalue weighted by atomic mass is 19.1. The van der Waals surface area contributed by atoms with Gasteiger partial charge in [0, 0.05) is 37.3 Å². The summed E-state index contributed by atoms with van der Waals surface area (Å²) in [5.41, 5.74) is 3.28. The first kappa shape index (κ1) is 21.8. The summed E-state index contributed by atoms with van der Waals surface area (Å²) in [4.78, 5) is 24.7. The van der Waals surface area contributed by atoms with Crippen molar-refractivity contribution in [3.8, 4) is 0 Å². The van der Waals surface area contributed by atoms with Crippen LogP contribution in [-0.4, -0.2) is 59.0 Å². The van der Waals surface area contributed by atoms with E-state index in [0.717, 1.165) is 36.7 Å². The summed E-state index contributed by atoms with van der Waals surface area (Å²) in [6.07, 6.45) is 0. The molecule has 2 aliphatic heterocycles. The van der Waals surface area contributed by atoms with Crippen molar-refractivity contribution in [3.05, 3.63) is 53.1 Å². The third-order valence-corrected chi connectivity index (χ3v) is 6.72. The van der Waals surface area contributed by atoms with Crippen molar-refractivity contribution in [1.82, 2.24) is 14.8 Å². The van der Waals surface area contributed by atoms with Gasteiger partial charge in [-0.25, -0.2) is 9.37 Å². The number of aryl methyl sites for hydroxylation is 1. The van der Waals surface area contributed by atoms with E-state index in [1.165, 1.54) is 0 Å². The summed E-state index contributed by atoms with van der Waals surface area (Å²) in [6, 6.07) is 9.12. The highest BCUT2D eigenvalue weighted by Gasteiger charge is 2.40. The SMILES string of the molecule is CCN1CCN(C(=O)c2ccc3c(n2)C(C)(C)CN3c2ccc(C)c(F)c2)C(C)(C)C1. The molecule has 0 radical (unpaired) electrons. The number of carbonyl (C=O) groups excluding carboxylic acids is 1. The van der Waals surface area contributed by atoms with E-state index >= 15 is 0 Å². The topological polar surface area (TPSA) is 39.7 Å². The molecule has 0 atom stereocenters. The van der Waals surface area contributed by atoms with Gasteiger partial charge in [0.15, 0.2) is 0 Å². The van der Waals surface area contributed by atoms with E-state index in [9.17, 15) is 9.18 Å². The molecular formula is C25H33FN4O. The molecule has 3 heterocycles. The number of nitrogens with zero attached hydrogens (tertiary/aromatic N) is 4. The molecule has 1 amide bonds. The van der Waals surface area contributed by atoms with Gasteiger partial charge in [-0.1, -0.05) is 26.8 Å². The summed E-state index contributed by atoms with van der Waals surface area (Å²) < 4.78 is 14.2. The number of benzene rings is 1. The van der Waals surface area contributed by atoms with Crippen LogP contribution in [-0.2, 0) is 5.41 Å². The highest BCUT2D eigenvalue weighted by Crippen LogP contribution is 2.43. The van der Waals surface area contributed by atoms with E-state index in [4.69, 9.17) is 4.98 Å². The number of carbonyl (C=O) groups is 1. The van der Waals surface area contributed by atoms with E-state index in [0.29, 0.717) is 24.3 Å². The Labute approximate surface area is 184 Å².